The number of Topliss-reactive ketones (excluding diaryl/α,β-unsaturated/α-hetero) is 1. The maximum Gasteiger partial charge on any atom is 0.173 e. The fraction of sp³-hybridized carbons (Fsp3) is 0.0714. The lowest BCUT2D eigenvalue weighted by Crippen LogP contribution is -2.09. The molecule has 1 nitrogen and oxygen atoms in total. The van der Waals surface area contributed by atoms with Crippen molar-refractivity contribution in [3.63, 3.8) is 0 Å². The normalized spacial score (nSPS) is 10.5. The molecule has 0 saturated carbocycles. The van der Waals surface area contributed by atoms with E-state index in [-0.39, 0.29) is 10.9 Å². The molecule has 5 heteroatoms. The molecule has 0 amide bonds. The first-order chi connectivity index (χ1) is 8.97. The van der Waals surface area contributed by atoms with E-state index in [1.807, 2.05) is 0 Å². The number of hydrogen-bond donors (Lipinski definition) is 0. The summed E-state index contributed by atoms with van der Waals surface area (Å²) in [7, 11) is 0. The van der Waals surface area contributed by atoms with Gasteiger partial charge in [0.05, 0.1) is 5.56 Å². The fourth-order valence-electron chi connectivity index (χ4n) is 1.68. The molecule has 2 aromatic rings. The van der Waals surface area contributed by atoms with Crippen LogP contribution in [0.4, 0.5) is 8.78 Å². The van der Waals surface area contributed by atoms with E-state index in [2.05, 4.69) is 31.9 Å². The molecule has 0 fully saturated rings. The number of ketones is 1. The summed E-state index contributed by atoms with van der Waals surface area (Å²) in [6.45, 7) is 0. The number of carbonyl (C=O) groups is 1. The van der Waals surface area contributed by atoms with E-state index in [0.29, 0.717) is 5.56 Å². The maximum atomic E-state index is 13.6. The zero-order valence-corrected chi connectivity index (χ0v) is 12.8. The van der Waals surface area contributed by atoms with Crippen LogP contribution in [0, 0.1) is 11.6 Å². The largest absolute Gasteiger partial charge is 0.294 e. The Labute approximate surface area is 125 Å². The highest BCUT2D eigenvalue weighted by atomic mass is 79.9. The van der Waals surface area contributed by atoms with Crippen molar-refractivity contribution in [1.29, 1.82) is 0 Å². The lowest BCUT2D eigenvalue weighted by Gasteiger charge is -2.05. The zero-order valence-electron chi connectivity index (χ0n) is 9.59. The second-order valence-electron chi connectivity index (χ2n) is 3.97. The SMILES string of the molecule is O=C(Cc1ccc(Br)cc1)c1c(F)cc(Br)cc1F. The van der Waals surface area contributed by atoms with Gasteiger partial charge in [0.25, 0.3) is 0 Å². The van der Waals surface area contributed by atoms with Crippen molar-refractivity contribution in [3.8, 4) is 0 Å². The van der Waals surface area contributed by atoms with Crippen LogP contribution in [-0.2, 0) is 6.42 Å². The number of benzene rings is 2. The summed E-state index contributed by atoms with van der Waals surface area (Å²) in [4.78, 5) is 11.9. The molecule has 98 valence electrons. The van der Waals surface area contributed by atoms with Crippen LogP contribution in [0.15, 0.2) is 45.3 Å². The highest BCUT2D eigenvalue weighted by molar-refractivity contribution is 9.10. The Kier molecular flexibility index (Phi) is 4.47. The Morgan fingerprint density at radius 3 is 2.00 bits per heavy atom. The van der Waals surface area contributed by atoms with Crippen LogP contribution in [-0.4, -0.2) is 5.78 Å². The summed E-state index contributed by atoms with van der Waals surface area (Å²) in [5, 5.41) is 0. The molecule has 0 N–H and O–H groups in total. The molecular formula is C14H8Br2F2O. The topological polar surface area (TPSA) is 17.1 Å². The average molecular weight is 390 g/mol. The molecule has 0 aliphatic heterocycles. The lowest BCUT2D eigenvalue weighted by atomic mass is 10.0. The minimum atomic E-state index is -0.853. The summed E-state index contributed by atoms with van der Waals surface area (Å²) in [5.74, 6) is -2.28. The quantitative estimate of drug-likeness (QED) is 0.681. The summed E-state index contributed by atoms with van der Waals surface area (Å²) < 4.78 is 28.4. The van der Waals surface area contributed by atoms with Crippen LogP contribution in [0.2, 0.25) is 0 Å². The summed E-state index contributed by atoms with van der Waals surface area (Å²) in [6.07, 6.45) is -0.0389. The predicted molar refractivity (Wildman–Crippen MR) is 76.2 cm³/mol. The predicted octanol–water partition coefficient (Wildman–Crippen LogP) is 4.92. The van der Waals surface area contributed by atoms with E-state index in [4.69, 9.17) is 0 Å². The van der Waals surface area contributed by atoms with E-state index in [1.54, 1.807) is 24.3 Å². The van der Waals surface area contributed by atoms with Crippen molar-refractivity contribution < 1.29 is 13.6 Å². The van der Waals surface area contributed by atoms with Crippen molar-refractivity contribution in [1.82, 2.24) is 0 Å². The minimum absolute atomic E-state index is 0.0389. The Morgan fingerprint density at radius 2 is 1.47 bits per heavy atom. The first kappa shape index (κ1) is 14.3. The van der Waals surface area contributed by atoms with E-state index < -0.39 is 23.0 Å². The van der Waals surface area contributed by atoms with Crippen molar-refractivity contribution in [2.45, 2.75) is 6.42 Å². The van der Waals surface area contributed by atoms with Gasteiger partial charge in [0.2, 0.25) is 0 Å². The van der Waals surface area contributed by atoms with Gasteiger partial charge in [-0.25, -0.2) is 8.78 Å². The lowest BCUT2D eigenvalue weighted by molar-refractivity contribution is 0.0985. The van der Waals surface area contributed by atoms with Crippen molar-refractivity contribution >= 4 is 37.6 Å². The monoisotopic (exact) mass is 388 g/mol. The molecular weight excluding hydrogens is 382 g/mol. The highest BCUT2D eigenvalue weighted by Crippen LogP contribution is 2.21. The smallest absolute Gasteiger partial charge is 0.173 e. The third-order valence-corrected chi connectivity index (χ3v) is 3.55. The van der Waals surface area contributed by atoms with Gasteiger partial charge < -0.3 is 0 Å². The van der Waals surface area contributed by atoms with Gasteiger partial charge in [-0.3, -0.25) is 4.79 Å². The van der Waals surface area contributed by atoms with E-state index in [9.17, 15) is 13.6 Å². The van der Waals surface area contributed by atoms with Gasteiger partial charge in [-0.2, -0.15) is 0 Å². The summed E-state index contributed by atoms with van der Waals surface area (Å²) in [6, 6.07) is 9.18. The van der Waals surface area contributed by atoms with Crippen LogP contribution in [0.5, 0.6) is 0 Å². The first-order valence-corrected chi connectivity index (χ1v) is 6.98. The van der Waals surface area contributed by atoms with E-state index in [0.717, 1.165) is 16.6 Å². The van der Waals surface area contributed by atoms with Gasteiger partial charge in [0.1, 0.15) is 11.6 Å². The van der Waals surface area contributed by atoms with Crippen molar-refractivity contribution in [3.05, 3.63) is 68.1 Å². The molecule has 0 bridgehead atoms. The van der Waals surface area contributed by atoms with Crippen LogP contribution in [0.1, 0.15) is 15.9 Å². The van der Waals surface area contributed by atoms with E-state index in [1.165, 1.54) is 0 Å². The molecule has 19 heavy (non-hydrogen) atoms. The van der Waals surface area contributed by atoms with Crippen molar-refractivity contribution in [2.75, 3.05) is 0 Å². The summed E-state index contributed by atoms with van der Waals surface area (Å²) >= 11 is 6.25. The number of hydrogen-bond acceptors (Lipinski definition) is 1. The zero-order chi connectivity index (χ0) is 14.0. The van der Waals surface area contributed by atoms with Gasteiger partial charge in [-0.15, -0.1) is 0 Å². The van der Waals surface area contributed by atoms with Gasteiger partial charge >= 0.3 is 0 Å². The molecule has 0 atom stereocenters. The van der Waals surface area contributed by atoms with Crippen LogP contribution >= 0.6 is 31.9 Å². The molecule has 0 aliphatic rings. The second kappa shape index (κ2) is 5.92. The van der Waals surface area contributed by atoms with Crippen LogP contribution in [0.3, 0.4) is 0 Å². The molecule has 2 rings (SSSR count). The number of halogens is 4. The molecule has 0 heterocycles. The number of carbonyl (C=O) groups excluding carboxylic acids is 1. The molecule has 0 spiro atoms. The summed E-state index contributed by atoms with van der Waals surface area (Å²) in [5.41, 5.74) is 0.209. The Morgan fingerprint density at radius 1 is 0.947 bits per heavy atom. The highest BCUT2D eigenvalue weighted by Gasteiger charge is 2.18. The Hall–Kier alpha value is -1.07. The second-order valence-corrected chi connectivity index (χ2v) is 5.80. The fourth-order valence-corrected chi connectivity index (χ4v) is 2.35. The molecule has 0 aromatic heterocycles. The van der Waals surface area contributed by atoms with Gasteiger partial charge in [-0.1, -0.05) is 44.0 Å². The van der Waals surface area contributed by atoms with Gasteiger partial charge in [-0.05, 0) is 29.8 Å². The molecule has 0 aliphatic carbocycles. The minimum Gasteiger partial charge on any atom is -0.294 e. The standard InChI is InChI=1S/C14H8Br2F2O/c15-9-3-1-8(2-4-9)5-13(19)14-11(17)6-10(16)7-12(14)18/h1-4,6-7H,5H2. The number of rotatable bonds is 3. The first-order valence-electron chi connectivity index (χ1n) is 5.39. The third-order valence-electron chi connectivity index (χ3n) is 2.56. The maximum absolute atomic E-state index is 13.6. The average Bonchev–Trinajstić information content (AvgIpc) is 2.30. The van der Waals surface area contributed by atoms with Gasteiger partial charge in [0.15, 0.2) is 5.78 Å². The Balaban J connectivity index is 2.28. The molecule has 0 unspecified atom stereocenters. The van der Waals surface area contributed by atoms with Gasteiger partial charge in [0, 0.05) is 15.4 Å². The molecule has 0 saturated heterocycles. The van der Waals surface area contributed by atoms with Crippen LogP contribution < -0.4 is 0 Å². The molecule has 0 radical (unpaired) electrons. The van der Waals surface area contributed by atoms with Crippen molar-refractivity contribution in [2.24, 2.45) is 0 Å². The van der Waals surface area contributed by atoms with Crippen LogP contribution in [0.25, 0.3) is 0 Å². The van der Waals surface area contributed by atoms with E-state index >= 15 is 0 Å². The third kappa shape index (κ3) is 3.48. The Bertz CT molecular complexity index is 601. The molecule has 2 aromatic carbocycles.